The predicted octanol–water partition coefficient (Wildman–Crippen LogP) is 1.82. The summed E-state index contributed by atoms with van der Waals surface area (Å²) in [4.78, 5) is 24.7. The monoisotopic (exact) mass is 889 g/mol. The largest absolute Gasteiger partial charge is 1.00 e. The van der Waals surface area contributed by atoms with Crippen molar-refractivity contribution < 1.29 is 97.5 Å². The number of methoxy groups -OCH3 is 1. The van der Waals surface area contributed by atoms with Crippen molar-refractivity contribution in [3.8, 4) is 0 Å². The number of carbonyl (C=O) groups is 2. The first-order chi connectivity index (χ1) is 28.5. The minimum absolute atomic E-state index is 0. The molecule has 14 nitrogen and oxygen atoms in total. The van der Waals surface area contributed by atoms with E-state index in [-0.39, 0.29) is 102 Å². The molecule has 15 heteroatoms. The number of hydrogen-bond acceptors (Lipinski definition) is 14. The van der Waals surface area contributed by atoms with Crippen LogP contribution in [0.3, 0.4) is 0 Å². The first-order valence-electron chi connectivity index (χ1n) is 23.2. The summed E-state index contributed by atoms with van der Waals surface area (Å²) in [6.45, 7) is 20.7. The van der Waals surface area contributed by atoms with E-state index in [2.05, 4.69) is 20.8 Å². The Morgan fingerprint density at radius 3 is 2.24 bits per heavy atom. The van der Waals surface area contributed by atoms with Gasteiger partial charge in [-0.2, -0.15) is 0 Å². The minimum atomic E-state index is -1.67. The SMILES string of the molecule is CO[C@H]1CC[C@@H](O[C@H]2C[C@H]([C@]3(C)CC[C@]4(C[C@H](O)[C@@H](C)[C@@H]([C@H](C)/C=C(\C)C(=O)[C@H](C)C[C@H](C)C(=O)[O-])O4)O3)O[C@]3(O[C@@H]([C@H]4O[C@@](O)(CO)[C@H](C)C[C@@H]4C)C[C@@H]3C)[C@@H]2C)O[C@@H]1C.[Na+]. The normalized spacial score (nSPS) is 47.8. The molecule has 21 atom stereocenters. The molecule has 6 fully saturated rings. The van der Waals surface area contributed by atoms with Crippen LogP contribution in [0.5, 0.6) is 0 Å². The maximum atomic E-state index is 13.3. The van der Waals surface area contributed by atoms with Gasteiger partial charge in [0.1, 0.15) is 0 Å². The molecular formula is C47H77NaO14. The Kier molecular flexibility index (Phi) is 17.2. The Morgan fingerprint density at radius 2 is 1.61 bits per heavy atom. The third kappa shape index (κ3) is 10.4. The molecular weight excluding hydrogens is 811 g/mol. The van der Waals surface area contributed by atoms with Gasteiger partial charge >= 0.3 is 29.6 Å². The molecule has 350 valence electrons. The molecule has 0 saturated carbocycles. The fourth-order valence-electron chi connectivity index (χ4n) is 11.8. The van der Waals surface area contributed by atoms with E-state index >= 15 is 0 Å². The number of aliphatic hydroxyl groups excluding tert-OH is 2. The molecule has 6 heterocycles. The fraction of sp³-hybridized carbons (Fsp3) is 0.915. The van der Waals surface area contributed by atoms with Gasteiger partial charge in [-0.15, -0.1) is 0 Å². The number of carboxylic acid groups (broad SMARTS) is 1. The zero-order chi connectivity index (χ0) is 45.0. The molecule has 6 aliphatic rings. The van der Waals surface area contributed by atoms with Crippen LogP contribution in [-0.2, 0) is 47.5 Å². The van der Waals surface area contributed by atoms with Gasteiger partial charge in [0.25, 0.3) is 0 Å². The molecule has 0 aromatic heterocycles. The second-order valence-corrected chi connectivity index (χ2v) is 20.6. The Morgan fingerprint density at radius 1 is 0.919 bits per heavy atom. The van der Waals surface area contributed by atoms with Crippen molar-refractivity contribution in [3.63, 3.8) is 0 Å². The number of aliphatic carboxylic acids is 1. The minimum Gasteiger partial charge on any atom is -0.550 e. The van der Waals surface area contributed by atoms with Crippen LogP contribution in [0.2, 0.25) is 0 Å². The van der Waals surface area contributed by atoms with Gasteiger partial charge in [0.2, 0.25) is 0 Å². The number of carboxylic acids is 1. The molecule has 6 saturated heterocycles. The van der Waals surface area contributed by atoms with Gasteiger partial charge in [-0.1, -0.05) is 61.5 Å². The van der Waals surface area contributed by atoms with Crippen LogP contribution in [0.4, 0.5) is 0 Å². The van der Waals surface area contributed by atoms with E-state index in [0.29, 0.717) is 44.1 Å². The number of aliphatic hydroxyl groups is 3. The summed E-state index contributed by atoms with van der Waals surface area (Å²) in [5.41, 5.74) is -0.352. The van der Waals surface area contributed by atoms with E-state index in [1.54, 1.807) is 27.9 Å². The number of rotatable bonds is 13. The number of Topliss-reactive ketones (excluding diaryl/α,β-unsaturated/α-hetero) is 1. The molecule has 0 aromatic rings. The second-order valence-electron chi connectivity index (χ2n) is 20.6. The van der Waals surface area contributed by atoms with E-state index in [1.165, 1.54) is 0 Å². The zero-order valence-electron chi connectivity index (χ0n) is 39.8. The maximum Gasteiger partial charge on any atom is 1.00 e. The van der Waals surface area contributed by atoms with E-state index in [4.69, 9.17) is 37.9 Å². The second kappa shape index (κ2) is 20.3. The molecule has 0 aromatic carbocycles. The van der Waals surface area contributed by atoms with Crippen molar-refractivity contribution >= 4 is 11.8 Å². The third-order valence-corrected chi connectivity index (χ3v) is 15.8. The number of carbonyl (C=O) groups excluding carboxylic acids is 2. The van der Waals surface area contributed by atoms with Gasteiger partial charge in [-0.25, -0.2) is 0 Å². The van der Waals surface area contributed by atoms with Crippen molar-refractivity contribution in [2.24, 2.45) is 47.3 Å². The number of ketones is 1. The van der Waals surface area contributed by atoms with Gasteiger partial charge in [-0.05, 0) is 70.3 Å². The fourth-order valence-corrected chi connectivity index (χ4v) is 11.8. The standard InChI is InChI=1S/C47H78O14.Na/c1-24(40(50)25(2)18-28(5)43(51)52)17-26(3)41-31(8)34(49)22-45(59-41)16-15-44(11,61-45)38-21-36(56-39-14-13-35(54-12)33(10)55-39)32(9)47(58-38)30(7)20-37(57-47)42-27(4)19-29(6)46(53,23-48)60-42;/h17,25-39,41-42,48-49,53H,13-16,18-23H2,1-12H3,(H,51,52);/q;+1/p-1/b24-17+;/t25-,26-,27+,28+,29-,30+,31-,32-,33-,34+,35+,36+,37-,38-,39-,41-,42+,44+,45-,46+,47+;/m1./s1. The van der Waals surface area contributed by atoms with Crippen molar-refractivity contribution in [1.82, 2.24) is 0 Å². The molecule has 3 N–H and O–H groups in total. The van der Waals surface area contributed by atoms with Crippen LogP contribution < -0.4 is 34.7 Å². The van der Waals surface area contributed by atoms with Crippen LogP contribution in [0, 0.1) is 47.3 Å². The Balaban J connectivity index is 0.00000726. The smallest absolute Gasteiger partial charge is 0.550 e. The maximum absolute atomic E-state index is 13.3. The molecule has 2 spiro atoms. The van der Waals surface area contributed by atoms with Gasteiger partial charge in [0.05, 0.1) is 61.0 Å². The first-order valence-corrected chi connectivity index (χ1v) is 23.2. The van der Waals surface area contributed by atoms with Gasteiger partial charge in [-0.3, -0.25) is 4.79 Å². The summed E-state index contributed by atoms with van der Waals surface area (Å²) in [7, 11) is 1.70. The molecule has 62 heavy (non-hydrogen) atoms. The average molecular weight is 889 g/mol. The number of ether oxygens (including phenoxy) is 8. The van der Waals surface area contributed by atoms with E-state index < -0.39 is 84.2 Å². The van der Waals surface area contributed by atoms with Crippen LogP contribution in [0.1, 0.15) is 134 Å². The molecule has 0 amide bonds. The van der Waals surface area contributed by atoms with Crippen molar-refractivity contribution in [2.75, 3.05) is 13.7 Å². The van der Waals surface area contributed by atoms with Gasteiger partial charge < -0.3 is 63.1 Å². The zero-order valence-corrected chi connectivity index (χ0v) is 41.8. The summed E-state index contributed by atoms with van der Waals surface area (Å²) < 4.78 is 53.9. The van der Waals surface area contributed by atoms with E-state index in [0.717, 1.165) is 6.42 Å². The molecule has 6 rings (SSSR count). The summed E-state index contributed by atoms with van der Waals surface area (Å²) in [6, 6.07) is 0. The summed E-state index contributed by atoms with van der Waals surface area (Å²) in [5.74, 6) is -7.48. The van der Waals surface area contributed by atoms with Crippen LogP contribution >= 0.6 is 0 Å². The van der Waals surface area contributed by atoms with Crippen molar-refractivity contribution in [1.29, 1.82) is 0 Å². The quantitative estimate of drug-likeness (QED) is 0.179. The summed E-state index contributed by atoms with van der Waals surface area (Å²) in [5, 5.41) is 44.4. The van der Waals surface area contributed by atoms with E-state index in [9.17, 15) is 30.0 Å². The molecule has 0 radical (unpaired) electrons. The van der Waals surface area contributed by atoms with Crippen LogP contribution in [0.15, 0.2) is 11.6 Å². The Bertz CT molecular complexity index is 1580. The molecule has 0 bridgehead atoms. The average Bonchev–Trinajstić information content (AvgIpc) is 3.71. The van der Waals surface area contributed by atoms with Crippen molar-refractivity contribution in [3.05, 3.63) is 11.6 Å². The number of hydrogen-bond donors (Lipinski definition) is 3. The van der Waals surface area contributed by atoms with Crippen LogP contribution in [-0.4, -0.2) is 119 Å². The van der Waals surface area contributed by atoms with Gasteiger partial charge in [0.15, 0.2) is 29.4 Å². The summed E-state index contributed by atoms with van der Waals surface area (Å²) >= 11 is 0. The molecule has 6 aliphatic heterocycles. The van der Waals surface area contributed by atoms with Crippen molar-refractivity contribution in [2.45, 2.75) is 212 Å². The third-order valence-electron chi connectivity index (χ3n) is 15.8. The predicted molar refractivity (Wildman–Crippen MR) is 221 cm³/mol. The van der Waals surface area contributed by atoms with Gasteiger partial charge in [0, 0.05) is 74.3 Å². The first kappa shape index (κ1) is 52.4. The topological polar surface area (TPSA) is 192 Å². The Hall–Kier alpha value is -0.560. The van der Waals surface area contributed by atoms with Crippen LogP contribution in [0.25, 0.3) is 0 Å². The Labute approximate surface area is 392 Å². The van der Waals surface area contributed by atoms with E-state index in [1.807, 2.05) is 40.7 Å². The summed E-state index contributed by atoms with van der Waals surface area (Å²) in [6.07, 6.45) is 3.10. The molecule has 0 aliphatic carbocycles. The molecule has 0 unspecified atom stereocenters. The number of allylic oxidation sites excluding steroid dienone is 1.